The first-order chi connectivity index (χ1) is 12.1. The maximum absolute atomic E-state index is 12.8. The van der Waals surface area contributed by atoms with Gasteiger partial charge in [-0.25, -0.2) is 0 Å². The number of ether oxygens (including phenoxy) is 1. The van der Waals surface area contributed by atoms with Crippen LogP contribution in [0.2, 0.25) is 0 Å². The molecule has 0 bridgehead atoms. The van der Waals surface area contributed by atoms with Gasteiger partial charge in [0.15, 0.2) is 0 Å². The van der Waals surface area contributed by atoms with Crippen molar-refractivity contribution in [1.82, 2.24) is 4.90 Å². The Morgan fingerprint density at radius 2 is 1.92 bits per heavy atom. The number of nitrogens with two attached hydrogens (primary N) is 1. The Kier molecular flexibility index (Phi) is 7.76. The molecule has 0 unspecified atom stereocenters. The first-order valence-corrected chi connectivity index (χ1v) is 9.86. The number of hydrogen-bond donors (Lipinski definition) is 2. The average Bonchev–Trinajstić information content (AvgIpc) is 2.68. The molecule has 8 heteroatoms. The van der Waals surface area contributed by atoms with E-state index in [4.69, 9.17) is 10.5 Å². The zero-order chi connectivity index (χ0) is 17.7. The zero-order valence-corrected chi connectivity index (χ0v) is 16.4. The van der Waals surface area contributed by atoms with E-state index >= 15 is 0 Å². The number of carbonyl (C=O) groups excluding carboxylic acids is 2. The number of nitrogens with one attached hydrogen (secondary N) is 1. The third kappa shape index (κ3) is 4.71. The summed E-state index contributed by atoms with van der Waals surface area (Å²) in [5.41, 5.74) is 6.56. The predicted molar refractivity (Wildman–Crippen MR) is 107 cm³/mol. The number of rotatable bonds is 4. The van der Waals surface area contributed by atoms with Gasteiger partial charge in [0.25, 0.3) is 5.91 Å². The Morgan fingerprint density at radius 1 is 1.23 bits per heavy atom. The third-order valence-electron chi connectivity index (χ3n) is 4.99. The Morgan fingerprint density at radius 3 is 2.58 bits per heavy atom. The number of thioether (sulfide) groups is 1. The topological polar surface area (TPSA) is 84.7 Å². The van der Waals surface area contributed by atoms with Crippen LogP contribution >= 0.6 is 24.2 Å². The number of hydrogen-bond acceptors (Lipinski definition) is 5. The molecular formula is C18H26ClN3O3S. The summed E-state index contributed by atoms with van der Waals surface area (Å²) in [5, 5.41) is 2.95. The summed E-state index contributed by atoms with van der Waals surface area (Å²) < 4.78 is 5.36. The fraction of sp³-hybridized carbons (Fsp3) is 0.556. The first-order valence-electron chi connectivity index (χ1n) is 8.71. The van der Waals surface area contributed by atoms with Gasteiger partial charge in [-0.2, -0.15) is 11.8 Å². The summed E-state index contributed by atoms with van der Waals surface area (Å²) in [6.07, 6.45) is 1.25. The summed E-state index contributed by atoms with van der Waals surface area (Å²) in [6.45, 7) is 2.95. The summed E-state index contributed by atoms with van der Waals surface area (Å²) in [4.78, 5) is 27.3. The molecule has 26 heavy (non-hydrogen) atoms. The SMILES string of the molecule is Cl.NCC1(C(=O)Nc2cccc(C(=O)N3CCSCC3)c2)CCOCC1. The molecule has 144 valence electrons. The molecule has 2 heterocycles. The molecule has 2 amide bonds. The van der Waals surface area contributed by atoms with Gasteiger partial charge in [0.1, 0.15) is 0 Å². The molecule has 3 rings (SSSR count). The van der Waals surface area contributed by atoms with E-state index in [0.29, 0.717) is 43.9 Å². The maximum Gasteiger partial charge on any atom is 0.253 e. The van der Waals surface area contributed by atoms with E-state index in [1.807, 2.05) is 22.7 Å². The van der Waals surface area contributed by atoms with Crippen LogP contribution in [0, 0.1) is 5.41 Å². The summed E-state index contributed by atoms with van der Waals surface area (Å²) in [5.74, 6) is 1.89. The van der Waals surface area contributed by atoms with Gasteiger partial charge in [-0.05, 0) is 31.0 Å². The smallest absolute Gasteiger partial charge is 0.253 e. The largest absolute Gasteiger partial charge is 0.381 e. The van der Waals surface area contributed by atoms with Crippen LogP contribution in [-0.2, 0) is 9.53 Å². The Hall–Kier alpha value is -1.28. The standard InChI is InChI=1S/C18H25N3O3S.ClH/c19-13-18(4-8-24-9-5-18)17(23)20-15-3-1-2-14(12-15)16(22)21-6-10-25-11-7-21;/h1-3,12H,4-11,13,19H2,(H,20,23);1H. The lowest BCUT2D eigenvalue weighted by molar-refractivity contribution is -0.130. The van der Waals surface area contributed by atoms with E-state index in [2.05, 4.69) is 5.32 Å². The second-order valence-corrected chi connectivity index (χ2v) is 7.76. The van der Waals surface area contributed by atoms with Gasteiger partial charge in [0.05, 0.1) is 5.41 Å². The monoisotopic (exact) mass is 399 g/mol. The first kappa shape index (κ1) is 21.0. The quantitative estimate of drug-likeness (QED) is 0.808. The van der Waals surface area contributed by atoms with E-state index in [-0.39, 0.29) is 24.2 Å². The number of benzene rings is 1. The molecule has 1 aromatic carbocycles. The molecule has 0 aliphatic carbocycles. The van der Waals surface area contributed by atoms with Crippen molar-refractivity contribution in [2.24, 2.45) is 11.1 Å². The molecule has 2 fully saturated rings. The minimum absolute atomic E-state index is 0. The average molecular weight is 400 g/mol. The number of halogens is 1. The van der Waals surface area contributed by atoms with Crippen molar-refractivity contribution in [2.45, 2.75) is 12.8 Å². The van der Waals surface area contributed by atoms with Crippen molar-refractivity contribution in [2.75, 3.05) is 49.7 Å². The highest BCUT2D eigenvalue weighted by atomic mass is 35.5. The number of nitrogens with zero attached hydrogens (tertiary/aromatic N) is 1. The number of amides is 2. The van der Waals surface area contributed by atoms with Crippen LogP contribution in [0.1, 0.15) is 23.2 Å². The Balaban J connectivity index is 0.00000243. The lowest BCUT2D eigenvalue weighted by Crippen LogP contribution is -2.46. The second kappa shape index (κ2) is 9.60. The lowest BCUT2D eigenvalue weighted by atomic mass is 9.79. The van der Waals surface area contributed by atoms with Crippen molar-refractivity contribution in [3.63, 3.8) is 0 Å². The van der Waals surface area contributed by atoms with Crippen molar-refractivity contribution in [3.8, 4) is 0 Å². The molecule has 0 saturated carbocycles. The molecule has 3 N–H and O–H groups in total. The van der Waals surface area contributed by atoms with Crippen molar-refractivity contribution in [1.29, 1.82) is 0 Å². The highest BCUT2D eigenvalue weighted by Gasteiger charge is 2.38. The molecular weight excluding hydrogens is 374 g/mol. The fourth-order valence-corrected chi connectivity index (χ4v) is 4.13. The van der Waals surface area contributed by atoms with Crippen LogP contribution in [0.25, 0.3) is 0 Å². The predicted octanol–water partition coefficient (Wildman–Crippen LogP) is 1.99. The molecule has 0 atom stereocenters. The van der Waals surface area contributed by atoms with Crippen LogP contribution < -0.4 is 11.1 Å². The van der Waals surface area contributed by atoms with Crippen molar-refractivity contribution in [3.05, 3.63) is 29.8 Å². The van der Waals surface area contributed by atoms with Crippen LogP contribution in [0.3, 0.4) is 0 Å². The molecule has 0 radical (unpaired) electrons. The molecule has 0 spiro atoms. The van der Waals surface area contributed by atoms with Crippen LogP contribution in [0.15, 0.2) is 24.3 Å². The van der Waals surface area contributed by atoms with E-state index in [9.17, 15) is 9.59 Å². The normalized spacial score (nSPS) is 19.3. The fourth-order valence-electron chi connectivity index (χ4n) is 3.23. The third-order valence-corrected chi connectivity index (χ3v) is 5.93. The van der Waals surface area contributed by atoms with Gasteiger partial charge in [-0.15, -0.1) is 12.4 Å². The number of anilines is 1. The Bertz CT molecular complexity index is 632. The molecule has 2 aliphatic rings. The van der Waals surface area contributed by atoms with E-state index in [1.165, 1.54) is 0 Å². The molecule has 6 nitrogen and oxygen atoms in total. The zero-order valence-electron chi connectivity index (χ0n) is 14.7. The van der Waals surface area contributed by atoms with Gasteiger partial charge in [0, 0.05) is 55.6 Å². The van der Waals surface area contributed by atoms with Crippen LogP contribution in [0.4, 0.5) is 5.69 Å². The van der Waals surface area contributed by atoms with E-state index < -0.39 is 5.41 Å². The molecule has 1 aromatic rings. The maximum atomic E-state index is 12.8. The van der Waals surface area contributed by atoms with E-state index in [1.54, 1.807) is 18.2 Å². The minimum Gasteiger partial charge on any atom is -0.381 e. The van der Waals surface area contributed by atoms with Crippen molar-refractivity contribution >= 4 is 41.7 Å². The summed E-state index contributed by atoms with van der Waals surface area (Å²) in [6, 6.07) is 7.17. The van der Waals surface area contributed by atoms with Gasteiger partial charge in [0.2, 0.25) is 5.91 Å². The van der Waals surface area contributed by atoms with E-state index in [0.717, 1.165) is 24.6 Å². The van der Waals surface area contributed by atoms with Gasteiger partial charge in [-0.1, -0.05) is 6.07 Å². The highest BCUT2D eigenvalue weighted by molar-refractivity contribution is 7.99. The Labute approximate surface area is 164 Å². The van der Waals surface area contributed by atoms with Gasteiger partial charge in [-0.3, -0.25) is 9.59 Å². The van der Waals surface area contributed by atoms with Crippen molar-refractivity contribution < 1.29 is 14.3 Å². The molecule has 0 aromatic heterocycles. The highest BCUT2D eigenvalue weighted by Crippen LogP contribution is 2.31. The summed E-state index contributed by atoms with van der Waals surface area (Å²) >= 11 is 1.87. The summed E-state index contributed by atoms with van der Waals surface area (Å²) in [7, 11) is 0. The van der Waals surface area contributed by atoms with Crippen LogP contribution in [-0.4, -0.2) is 61.1 Å². The second-order valence-electron chi connectivity index (χ2n) is 6.54. The van der Waals surface area contributed by atoms with Gasteiger partial charge >= 0.3 is 0 Å². The minimum atomic E-state index is -0.581. The lowest BCUT2D eigenvalue weighted by Gasteiger charge is -2.34. The van der Waals surface area contributed by atoms with Gasteiger partial charge < -0.3 is 20.7 Å². The van der Waals surface area contributed by atoms with Crippen LogP contribution in [0.5, 0.6) is 0 Å². The molecule has 2 saturated heterocycles. The number of carbonyl (C=O) groups is 2. The molecule has 2 aliphatic heterocycles.